The largest absolute Gasteiger partial charge is 0.383 e. The molecule has 6 heteroatoms. The molecule has 3 rings (SSSR count). The first kappa shape index (κ1) is 19.5. The van der Waals surface area contributed by atoms with Crippen LogP contribution in [0.1, 0.15) is 32.1 Å². The number of nitrogens with one attached hydrogen (secondary N) is 2. The van der Waals surface area contributed by atoms with Crippen LogP contribution < -0.4 is 16.4 Å². The molecule has 2 aliphatic rings. The van der Waals surface area contributed by atoms with Crippen molar-refractivity contribution in [2.24, 2.45) is 23.5 Å². The third-order valence-corrected chi connectivity index (χ3v) is 5.86. The van der Waals surface area contributed by atoms with Gasteiger partial charge in [0.15, 0.2) is 0 Å². The molecule has 0 aliphatic heterocycles. The predicted molar refractivity (Wildman–Crippen MR) is 104 cm³/mol. The molecule has 2 fully saturated rings. The Morgan fingerprint density at radius 3 is 2.58 bits per heavy atom. The van der Waals surface area contributed by atoms with Gasteiger partial charge in [0.05, 0.1) is 0 Å². The number of nitrogens with two attached hydrogens (primary N) is 1. The fourth-order valence-corrected chi connectivity index (χ4v) is 4.54. The number of hydrogen-bond acceptors (Lipinski definition) is 3. The van der Waals surface area contributed by atoms with Crippen molar-refractivity contribution in [2.75, 3.05) is 18.4 Å². The van der Waals surface area contributed by atoms with Crippen LogP contribution >= 0.6 is 28.3 Å². The van der Waals surface area contributed by atoms with Crippen molar-refractivity contribution in [2.45, 2.75) is 38.1 Å². The van der Waals surface area contributed by atoms with Crippen molar-refractivity contribution < 1.29 is 4.79 Å². The number of anilines is 1. The minimum atomic E-state index is 0. The summed E-state index contributed by atoms with van der Waals surface area (Å²) in [6.07, 6.45) is 5.64. The Kier molecular flexibility index (Phi) is 7.38. The molecular formula is C18H27BrClN3O. The molecule has 0 saturated heterocycles. The maximum atomic E-state index is 12.4. The highest BCUT2D eigenvalue weighted by atomic mass is 79.9. The lowest BCUT2D eigenvalue weighted by Gasteiger charge is -2.43. The van der Waals surface area contributed by atoms with Crippen LogP contribution in [0, 0.1) is 17.8 Å². The Labute approximate surface area is 158 Å². The maximum absolute atomic E-state index is 12.4. The Hall–Kier alpha value is -0.780. The van der Waals surface area contributed by atoms with E-state index in [2.05, 4.69) is 26.6 Å². The van der Waals surface area contributed by atoms with E-state index in [9.17, 15) is 4.79 Å². The van der Waals surface area contributed by atoms with E-state index in [1.54, 1.807) is 0 Å². The van der Waals surface area contributed by atoms with Gasteiger partial charge >= 0.3 is 0 Å². The number of amides is 1. The van der Waals surface area contributed by atoms with Crippen LogP contribution in [0.3, 0.4) is 0 Å². The Balaban J connectivity index is 0.00000208. The predicted octanol–water partition coefficient (Wildman–Crippen LogP) is 3.55. The zero-order valence-corrected chi connectivity index (χ0v) is 16.2. The molecule has 0 radical (unpaired) electrons. The van der Waals surface area contributed by atoms with Gasteiger partial charge in [-0.2, -0.15) is 0 Å². The van der Waals surface area contributed by atoms with E-state index in [0.29, 0.717) is 24.4 Å². The van der Waals surface area contributed by atoms with Crippen LogP contribution in [0.2, 0.25) is 0 Å². The first-order valence-corrected chi connectivity index (χ1v) is 9.45. The average Bonchev–Trinajstić information content (AvgIpc) is 2.51. The van der Waals surface area contributed by atoms with E-state index in [1.807, 2.05) is 24.3 Å². The van der Waals surface area contributed by atoms with Crippen molar-refractivity contribution in [3.05, 3.63) is 28.7 Å². The molecule has 0 spiro atoms. The van der Waals surface area contributed by atoms with E-state index in [4.69, 9.17) is 5.73 Å². The normalized spacial score (nSPS) is 28.6. The molecule has 134 valence electrons. The topological polar surface area (TPSA) is 67.2 Å². The molecule has 1 amide bonds. The number of rotatable bonds is 5. The number of hydrogen-bond donors (Lipinski definition) is 3. The number of fused-ring (bicyclic) bond motifs is 2. The summed E-state index contributed by atoms with van der Waals surface area (Å²) in [5.41, 5.74) is 7.36. The second kappa shape index (κ2) is 9.07. The lowest BCUT2D eigenvalue weighted by molar-refractivity contribution is -0.127. The number of carbonyl (C=O) groups excluding carboxylic acids is 1. The van der Waals surface area contributed by atoms with Gasteiger partial charge in [-0.15, -0.1) is 12.4 Å². The van der Waals surface area contributed by atoms with Gasteiger partial charge in [-0.25, -0.2) is 0 Å². The molecule has 1 aromatic carbocycles. The quantitative estimate of drug-likeness (QED) is 0.643. The Morgan fingerprint density at radius 1 is 1.21 bits per heavy atom. The van der Waals surface area contributed by atoms with Crippen LogP contribution in [0.4, 0.5) is 5.69 Å². The van der Waals surface area contributed by atoms with Crippen molar-refractivity contribution in [1.82, 2.24) is 5.32 Å². The SMILES string of the molecule is Cl.NC1C2CCCC1CC(C(=O)NCCNc1cccc(Br)c1)C2. The van der Waals surface area contributed by atoms with Crippen molar-refractivity contribution in [1.29, 1.82) is 0 Å². The zero-order chi connectivity index (χ0) is 16.2. The summed E-state index contributed by atoms with van der Waals surface area (Å²) in [4.78, 5) is 12.4. The third kappa shape index (κ3) is 4.87. The van der Waals surface area contributed by atoms with Gasteiger partial charge < -0.3 is 16.4 Å². The fraction of sp³-hybridized carbons (Fsp3) is 0.611. The highest BCUT2D eigenvalue weighted by Crippen LogP contribution is 2.41. The number of carbonyl (C=O) groups is 1. The molecular weight excluding hydrogens is 390 g/mol. The van der Waals surface area contributed by atoms with Crippen LogP contribution in [-0.4, -0.2) is 25.0 Å². The first-order valence-electron chi connectivity index (χ1n) is 8.66. The Morgan fingerprint density at radius 2 is 1.92 bits per heavy atom. The van der Waals surface area contributed by atoms with Crippen molar-refractivity contribution in [3.63, 3.8) is 0 Å². The smallest absolute Gasteiger partial charge is 0.223 e. The highest BCUT2D eigenvalue weighted by molar-refractivity contribution is 9.10. The van der Waals surface area contributed by atoms with Gasteiger partial charge in [0.1, 0.15) is 0 Å². The van der Waals surface area contributed by atoms with Gasteiger partial charge in [0.2, 0.25) is 5.91 Å². The summed E-state index contributed by atoms with van der Waals surface area (Å²) in [5.74, 6) is 1.48. The van der Waals surface area contributed by atoms with Crippen molar-refractivity contribution >= 4 is 39.9 Å². The minimum Gasteiger partial charge on any atom is -0.383 e. The summed E-state index contributed by atoms with van der Waals surface area (Å²) in [6, 6.07) is 8.38. The molecule has 0 heterocycles. The fourth-order valence-electron chi connectivity index (χ4n) is 4.14. The van der Waals surface area contributed by atoms with E-state index < -0.39 is 0 Å². The van der Waals surface area contributed by atoms with E-state index in [0.717, 1.165) is 29.5 Å². The third-order valence-electron chi connectivity index (χ3n) is 5.36. The van der Waals surface area contributed by atoms with Crippen LogP contribution in [0.25, 0.3) is 0 Å². The second-order valence-electron chi connectivity index (χ2n) is 6.92. The van der Waals surface area contributed by atoms with Crippen molar-refractivity contribution in [3.8, 4) is 0 Å². The van der Waals surface area contributed by atoms with E-state index in [-0.39, 0.29) is 24.2 Å². The summed E-state index contributed by atoms with van der Waals surface area (Å²) in [5, 5.41) is 6.41. The summed E-state index contributed by atoms with van der Waals surface area (Å²) < 4.78 is 1.05. The van der Waals surface area contributed by atoms with E-state index >= 15 is 0 Å². The molecule has 4 nitrogen and oxygen atoms in total. The molecule has 0 aromatic heterocycles. The maximum Gasteiger partial charge on any atom is 0.223 e. The summed E-state index contributed by atoms with van der Waals surface area (Å²) in [6.45, 7) is 1.39. The molecule has 2 atom stereocenters. The molecule has 1 aromatic rings. The molecule has 2 aliphatic carbocycles. The first-order chi connectivity index (χ1) is 11.1. The van der Waals surface area contributed by atoms with Crippen LogP contribution in [0.15, 0.2) is 28.7 Å². The van der Waals surface area contributed by atoms with Crippen LogP contribution in [0.5, 0.6) is 0 Å². The standard InChI is InChI=1S/C18H26BrN3O.ClH/c19-15-5-2-6-16(11-15)21-7-8-22-18(23)14-9-12-3-1-4-13(10-14)17(12)20;/h2,5-6,11-14,17,21H,1,3-4,7-10,20H2,(H,22,23);1H. The lowest BCUT2D eigenvalue weighted by Crippen LogP contribution is -2.49. The molecule has 24 heavy (non-hydrogen) atoms. The average molecular weight is 417 g/mol. The minimum absolute atomic E-state index is 0. The second-order valence-corrected chi connectivity index (χ2v) is 7.84. The lowest BCUT2D eigenvalue weighted by atomic mass is 9.65. The van der Waals surface area contributed by atoms with E-state index in [1.165, 1.54) is 19.3 Å². The molecule has 2 unspecified atom stereocenters. The van der Waals surface area contributed by atoms with Crippen LogP contribution in [-0.2, 0) is 4.79 Å². The molecule has 4 N–H and O–H groups in total. The van der Waals surface area contributed by atoms with Gasteiger partial charge in [-0.3, -0.25) is 4.79 Å². The van der Waals surface area contributed by atoms with Gasteiger partial charge in [-0.1, -0.05) is 28.4 Å². The summed E-state index contributed by atoms with van der Waals surface area (Å²) in [7, 11) is 0. The van der Waals surface area contributed by atoms with Gasteiger partial charge in [0, 0.05) is 35.2 Å². The highest BCUT2D eigenvalue weighted by Gasteiger charge is 2.40. The summed E-state index contributed by atoms with van der Waals surface area (Å²) >= 11 is 3.45. The number of benzene rings is 1. The molecule has 2 saturated carbocycles. The van der Waals surface area contributed by atoms with Gasteiger partial charge in [-0.05, 0) is 55.7 Å². The van der Waals surface area contributed by atoms with Gasteiger partial charge in [0.25, 0.3) is 0 Å². The number of halogens is 2. The zero-order valence-electron chi connectivity index (χ0n) is 13.8. The Bertz CT molecular complexity index is 543. The molecule has 2 bridgehead atoms. The monoisotopic (exact) mass is 415 g/mol.